The van der Waals surface area contributed by atoms with E-state index in [0.717, 1.165) is 0 Å². The van der Waals surface area contributed by atoms with Crippen molar-refractivity contribution in [2.75, 3.05) is 10.6 Å². The van der Waals surface area contributed by atoms with Crippen LogP contribution in [0.5, 0.6) is 0 Å². The molecule has 0 heterocycles. The summed E-state index contributed by atoms with van der Waals surface area (Å²) in [5, 5.41) is 19.1. The van der Waals surface area contributed by atoms with Gasteiger partial charge in [-0.1, -0.05) is 36.4 Å². The van der Waals surface area contributed by atoms with E-state index in [4.69, 9.17) is 5.73 Å². The van der Waals surface area contributed by atoms with Crippen LogP contribution in [0.4, 0.5) is 17.1 Å². The Bertz CT molecular complexity index is 1740. The number of rotatable bonds is 11. The first-order valence-electron chi connectivity index (χ1n) is 13.2. The van der Waals surface area contributed by atoms with Crippen LogP contribution in [0.1, 0.15) is 33.2 Å². The Morgan fingerprint density at radius 1 is 0.818 bits per heavy atom. The Labute approximate surface area is 256 Å². The zero-order chi connectivity index (χ0) is 31.6. The van der Waals surface area contributed by atoms with Crippen molar-refractivity contribution in [1.29, 1.82) is 0 Å². The molecule has 4 amide bonds. The van der Waals surface area contributed by atoms with Crippen molar-refractivity contribution in [3.8, 4) is 0 Å². The van der Waals surface area contributed by atoms with E-state index in [-0.39, 0.29) is 22.9 Å². The summed E-state index contributed by atoms with van der Waals surface area (Å²) >= 11 is 1.25. The minimum atomic E-state index is -0.709. The Hall–Kier alpha value is -5.75. The number of hydrogen-bond donors (Lipinski definition) is 4. The van der Waals surface area contributed by atoms with Crippen molar-refractivity contribution >= 4 is 58.5 Å². The molecule has 0 aliphatic rings. The molecular formula is C32H27N5O6S. The number of benzene rings is 4. The second-order valence-corrected chi connectivity index (χ2v) is 10.8. The number of hydrogen-bond acceptors (Lipinski definition) is 7. The second kappa shape index (κ2) is 14.4. The summed E-state index contributed by atoms with van der Waals surface area (Å²) in [6.45, 7) is 1.72. The van der Waals surface area contributed by atoms with Gasteiger partial charge in [-0.25, -0.2) is 0 Å². The molecule has 0 fully saturated rings. The lowest BCUT2D eigenvalue weighted by Gasteiger charge is -2.14. The molecule has 12 heteroatoms. The fraction of sp³-hybridized carbons (Fsp3) is 0.0625. The van der Waals surface area contributed by atoms with Crippen molar-refractivity contribution < 1.29 is 24.1 Å². The number of nitro benzene ring substituents is 1. The SMILES string of the molecule is CC(Sc1cccc(NC(=O)/C(=C\c2ccccc2[N+](=O)[O-])NC(=O)c2ccccc2)c1)C(=O)Nc1ccc(C(N)=O)cc1. The van der Waals surface area contributed by atoms with Crippen LogP contribution in [-0.4, -0.2) is 33.8 Å². The van der Waals surface area contributed by atoms with Gasteiger partial charge in [0.25, 0.3) is 17.5 Å². The van der Waals surface area contributed by atoms with Gasteiger partial charge in [-0.15, -0.1) is 11.8 Å². The average molecular weight is 610 g/mol. The van der Waals surface area contributed by atoms with Crippen molar-refractivity contribution in [2.45, 2.75) is 17.1 Å². The molecule has 0 saturated carbocycles. The molecule has 44 heavy (non-hydrogen) atoms. The number of amides is 4. The molecular weight excluding hydrogens is 582 g/mol. The summed E-state index contributed by atoms with van der Waals surface area (Å²) < 4.78 is 0. The molecule has 4 aromatic carbocycles. The Morgan fingerprint density at radius 3 is 2.18 bits per heavy atom. The quantitative estimate of drug-likeness (QED) is 0.0780. The number of thioether (sulfide) groups is 1. The van der Waals surface area contributed by atoms with Gasteiger partial charge in [0.2, 0.25) is 11.8 Å². The number of carbonyl (C=O) groups excluding carboxylic acids is 4. The van der Waals surface area contributed by atoms with Crippen molar-refractivity contribution in [3.05, 3.63) is 136 Å². The van der Waals surface area contributed by atoms with Crippen molar-refractivity contribution in [3.63, 3.8) is 0 Å². The number of nitro groups is 1. The number of para-hydroxylation sites is 1. The number of anilines is 2. The van der Waals surface area contributed by atoms with Crippen LogP contribution in [0, 0.1) is 10.1 Å². The summed E-state index contributed by atoms with van der Waals surface area (Å²) in [5.41, 5.74) is 6.43. The molecule has 0 spiro atoms. The summed E-state index contributed by atoms with van der Waals surface area (Å²) in [6, 6.07) is 27.0. The molecule has 4 aromatic rings. The van der Waals surface area contributed by atoms with Crippen LogP contribution in [-0.2, 0) is 9.59 Å². The molecule has 5 N–H and O–H groups in total. The molecule has 0 aliphatic heterocycles. The third kappa shape index (κ3) is 8.39. The van der Waals surface area contributed by atoms with Gasteiger partial charge in [0.15, 0.2) is 0 Å². The number of nitrogens with two attached hydrogens (primary N) is 1. The van der Waals surface area contributed by atoms with E-state index in [2.05, 4.69) is 16.0 Å². The molecule has 11 nitrogen and oxygen atoms in total. The Balaban J connectivity index is 1.50. The number of nitrogens with zero attached hydrogens (tertiary/aromatic N) is 1. The number of nitrogens with one attached hydrogen (secondary N) is 3. The molecule has 0 aromatic heterocycles. The minimum Gasteiger partial charge on any atom is -0.366 e. The number of primary amides is 1. The predicted octanol–water partition coefficient (Wildman–Crippen LogP) is 5.22. The standard InChI is InChI=1S/C32H27N5O6S/c1-20(30(39)34-24-16-14-21(15-17-24)29(33)38)44-26-12-7-11-25(19-26)35-32(41)27(36-31(40)22-8-3-2-4-9-22)18-23-10-5-6-13-28(23)37(42)43/h2-20H,1H3,(H2,33,38)(H,34,39)(H,35,41)(H,36,40)/b27-18+. The maximum Gasteiger partial charge on any atom is 0.276 e. The van der Waals surface area contributed by atoms with Gasteiger partial charge >= 0.3 is 0 Å². The van der Waals surface area contributed by atoms with Gasteiger partial charge in [-0.2, -0.15) is 0 Å². The third-order valence-electron chi connectivity index (χ3n) is 6.17. The molecule has 1 atom stereocenters. The highest BCUT2D eigenvalue weighted by atomic mass is 32.2. The fourth-order valence-electron chi connectivity index (χ4n) is 3.94. The molecule has 0 radical (unpaired) electrons. The predicted molar refractivity (Wildman–Crippen MR) is 169 cm³/mol. The lowest BCUT2D eigenvalue weighted by Crippen LogP contribution is -2.30. The first kappa shape index (κ1) is 31.2. The van der Waals surface area contributed by atoms with Gasteiger partial charge in [-0.05, 0) is 73.7 Å². The molecule has 4 rings (SSSR count). The minimum absolute atomic E-state index is 0.129. The smallest absolute Gasteiger partial charge is 0.276 e. The average Bonchev–Trinajstić information content (AvgIpc) is 3.01. The molecule has 0 aliphatic carbocycles. The van der Waals surface area contributed by atoms with E-state index >= 15 is 0 Å². The van der Waals surface area contributed by atoms with Gasteiger partial charge in [0.1, 0.15) is 5.70 Å². The summed E-state index contributed by atoms with van der Waals surface area (Å²) in [4.78, 5) is 62.0. The fourth-order valence-corrected chi connectivity index (χ4v) is 4.87. The van der Waals surface area contributed by atoms with Crippen molar-refractivity contribution in [2.24, 2.45) is 5.73 Å². The highest BCUT2D eigenvalue weighted by molar-refractivity contribution is 8.00. The molecule has 0 saturated heterocycles. The maximum absolute atomic E-state index is 13.4. The zero-order valence-corrected chi connectivity index (χ0v) is 24.2. The van der Waals surface area contributed by atoms with E-state index < -0.39 is 27.9 Å². The van der Waals surface area contributed by atoms with Crippen LogP contribution in [0.3, 0.4) is 0 Å². The lowest BCUT2D eigenvalue weighted by atomic mass is 10.1. The van der Waals surface area contributed by atoms with Crippen molar-refractivity contribution in [1.82, 2.24) is 5.32 Å². The Kier molecular flexibility index (Phi) is 10.2. The summed E-state index contributed by atoms with van der Waals surface area (Å²) in [7, 11) is 0. The first-order chi connectivity index (χ1) is 21.1. The van der Waals surface area contributed by atoms with Crippen LogP contribution in [0.25, 0.3) is 6.08 Å². The van der Waals surface area contributed by atoms with Crippen LogP contribution in [0.2, 0.25) is 0 Å². The molecule has 0 bridgehead atoms. The number of carbonyl (C=O) groups is 4. The lowest BCUT2D eigenvalue weighted by molar-refractivity contribution is -0.385. The summed E-state index contributed by atoms with van der Waals surface area (Å²) in [6.07, 6.45) is 1.25. The normalized spacial score (nSPS) is 11.6. The van der Waals surface area contributed by atoms with E-state index in [1.54, 1.807) is 79.7 Å². The van der Waals surface area contributed by atoms with Gasteiger partial charge in [-0.3, -0.25) is 29.3 Å². The Morgan fingerprint density at radius 2 is 1.50 bits per heavy atom. The molecule has 1 unspecified atom stereocenters. The zero-order valence-electron chi connectivity index (χ0n) is 23.4. The monoisotopic (exact) mass is 609 g/mol. The van der Waals surface area contributed by atoms with Gasteiger partial charge in [0, 0.05) is 33.5 Å². The van der Waals surface area contributed by atoms with E-state index in [9.17, 15) is 29.3 Å². The molecule has 222 valence electrons. The third-order valence-corrected chi connectivity index (χ3v) is 7.27. The van der Waals surface area contributed by atoms with E-state index in [0.29, 0.717) is 27.4 Å². The van der Waals surface area contributed by atoms with Crippen LogP contribution in [0.15, 0.2) is 114 Å². The first-order valence-corrected chi connectivity index (χ1v) is 14.1. The largest absolute Gasteiger partial charge is 0.366 e. The van der Waals surface area contributed by atoms with Gasteiger partial charge < -0.3 is 21.7 Å². The second-order valence-electron chi connectivity index (χ2n) is 9.37. The van der Waals surface area contributed by atoms with Crippen LogP contribution >= 0.6 is 11.8 Å². The van der Waals surface area contributed by atoms with Crippen LogP contribution < -0.4 is 21.7 Å². The van der Waals surface area contributed by atoms with Gasteiger partial charge in [0.05, 0.1) is 15.7 Å². The summed E-state index contributed by atoms with van der Waals surface area (Å²) in [5.74, 6) is -2.13. The maximum atomic E-state index is 13.4. The highest BCUT2D eigenvalue weighted by Crippen LogP contribution is 2.27. The highest BCUT2D eigenvalue weighted by Gasteiger charge is 2.19. The topological polar surface area (TPSA) is 174 Å². The van der Waals surface area contributed by atoms with E-state index in [1.807, 2.05) is 0 Å². The van der Waals surface area contributed by atoms with E-state index in [1.165, 1.54) is 48.2 Å².